The van der Waals surface area contributed by atoms with Gasteiger partial charge in [0.25, 0.3) is 5.69 Å². The molecule has 0 aliphatic carbocycles. The highest BCUT2D eigenvalue weighted by molar-refractivity contribution is 6.30. The monoisotopic (exact) mass is 325 g/mol. The minimum Gasteiger partial charge on any atom is -0.488 e. The molecule has 0 aromatic heterocycles. The van der Waals surface area contributed by atoms with Gasteiger partial charge in [-0.3, -0.25) is 10.1 Å². The highest BCUT2D eigenvalue weighted by Gasteiger charge is 2.15. The molecular weight excluding hydrogens is 313 g/mol. The van der Waals surface area contributed by atoms with Gasteiger partial charge < -0.3 is 4.74 Å². The number of benzene rings is 2. The van der Waals surface area contributed by atoms with E-state index in [0.29, 0.717) is 22.2 Å². The van der Waals surface area contributed by atoms with Gasteiger partial charge in [-0.15, -0.1) is 11.6 Å². The molecule has 2 aromatic carbocycles. The molecule has 4 nitrogen and oxygen atoms in total. The van der Waals surface area contributed by atoms with Crippen molar-refractivity contribution in [2.75, 3.05) is 0 Å². The fraction of sp³-hybridized carbons (Fsp3) is 0.200. The van der Waals surface area contributed by atoms with Crippen LogP contribution in [0, 0.1) is 17.0 Å². The Balaban J connectivity index is 2.24. The van der Waals surface area contributed by atoms with Crippen molar-refractivity contribution in [2.24, 2.45) is 0 Å². The van der Waals surface area contributed by atoms with Crippen molar-refractivity contribution >= 4 is 28.9 Å². The second-order valence-electron chi connectivity index (χ2n) is 4.56. The number of nitro groups is 1. The lowest BCUT2D eigenvalue weighted by molar-refractivity contribution is -0.385. The molecule has 2 rings (SSSR count). The van der Waals surface area contributed by atoms with Gasteiger partial charge in [0.2, 0.25) is 0 Å². The molecule has 6 heteroatoms. The zero-order valence-electron chi connectivity index (χ0n) is 11.3. The maximum Gasteiger partial charge on any atom is 0.276 e. The molecule has 0 fully saturated rings. The summed E-state index contributed by atoms with van der Waals surface area (Å²) in [5.41, 5.74) is 2.33. The van der Waals surface area contributed by atoms with Gasteiger partial charge in [0.1, 0.15) is 12.4 Å². The Kier molecular flexibility index (Phi) is 5.04. The van der Waals surface area contributed by atoms with Crippen molar-refractivity contribution in [2.45, 2.75) is 19.4 Å². The number of hydrogen-bond acceptors (Lipinski definition) is 3. The molecule has 2 aromatic rings. The molecule has 0 radical (unpaired) electrons. The number of ether oxygens (including phenoxy) is 1. The van der Waals surface area contributed by atoms with Crippen LogP contribution in [0.4, 0.5) is 5.69 Å². The van der Waals surface area contributed by atoms with Gasteiger partial charge in [-0.25, -0.2) is 0 Å². The van der Waals surface area contributed by atoms with Crippen LogP contribution in [0.15, 0.2) is 36.4 Å². The summed E-state index contributed by atoms with van der Waals surface area (Å²) in [6.45, 7) is 2.02. The summed E-state index contributed by atoms with van der Waals surface area (Å²) >= 11 is 11.8. The zero-order chi connectivity index (χ0) is 15.4. The number of rotatable bonds is 5. The molecule has 0 bridgehead atoms. The van der Waals surface area contributed by atoms with E-state index in [1.165, 1.54) is 18.2 Å². The van der Waals surface area contributed by atoms with Crippen molar-refractivity contribution in [3.8, 4) is 5.75 Å². The summed E-state index contributed by atoms with van der Waals surface area (Å²) < 4.78 is 5.67. The summed E-state index contributed by atoms with van der Waals surface area (Å²) in [6.07, 6.45) is 0. The first-order chi connectivity index (χ1) is 10.0. The molecular formula is C15H13Cl2NO3. The average molecular weight is 326 g/mol. The van der Waals surface area contributed by atoms with Gasteiger partial charge >= 0.3 is 0 Å². The summed E-state index contributed by atoms with van der Waals surface area (Å²) in [4.78, 5) is 10.5. The lowest BCUT2D eigenvalue weighted by atomic mass is 10.1. The van der Waals surface area contributed by atoms with E-state index in [1.807, 2.05) is 25.1 Å². The predicted molar refractivity (Wildman–Crippen MR) is 83.2 cm³/mol. The first-order valence-corrected chi connectivity index (χ1v) is 7.13. The third-order valence-corrected chi connectivity index (χ3v) is 3.50. The van der Waals surface area contributed by atoms with Crippen LogP contribution >= 0.6 is 23.2 Å². The first kappa shape index (κ1) is 15.6. The molecule has 0 amide bonds. The number of nitro benzene ring substituents is 1. The lowest BCUT2D eigenvalue weighted by Crippen LogP contribution is -2.02. The van der Waals surface area contributed by atoms with Crippen LogP contribution in [0.2, 0.25) is 5.02 Å². The van der Waals surface area contributed by atoms with Crippen LogP contribution in [0.5, 0.6) is 5.75 Å². The first-order valence-electron chi connectivity index (χ1n) is 6.22. The highest BCUT2D eigenvalue weighted by atomic mass is 35.5. The van der Waals surface area contributed by atoms with Crippen molar-refractivity contribution in [1.82, 2.24) is 0 Å². The minimum absolute atomic E-state index is 0.0149. The maximum absolute atomic E-state index is 11.0. The number of alkyl halides is 1. The van der Waals surface area contributed by atoms with Gasteiger partial charge in [0, 0.05) is 16.7 Å². The Hall–Kier alpha value is -1.78. The molecule has 0 heterocycles. The van der Waals surface area contributed by atoms with Crippen LogP contribution in [0.25, 0.3) is 0 Å². The van der Waals surface area contributed by atoms with Crippen molar-refractivity contribution in [1.29, 1.82) is 0 Å². The highest BCUT2D eigenvalue weighted by Crippen LogP contribution is 2.27. The minimum atomic E-state index is -0.452. The van der Waals surface area contributed by atoms with E-state index >= 15 is 0 Å². The van der Waals surface area contributed by atoms with E-state index in [9.17, 15) is 10.1 Å². The summed E-state index contributed by atoms with van der Waals surface area (Å²) in [5, 5.41) is 11.4. The van der Waals surface area contributed by atoms with E-state index in [0.717, 1.165) is 11.1 Å². The molecule has 0 atom stereocenters. The third-order valence-electron chi connectivity index (χ3n) is 2.98. The van der Waals surface area contributed by atoms with Crippen LogP contribution in [-0.2, 0) is 12.5 Å². The van der Waals surface area contributed by atoms with Crippen molar-refractivity contribution < 1.29 is 9.66 Å². The average Bonchev–Trinajstić information content (AvgIpc) is 2.45. The summed E-state index contributed by atoms with van der Waals surface area (Å²) in [6, 6.07) is 10.0. The molecule has 0 unspecified atom stereocenters. The Morgan fingerprint density at radius 3 is 2.62 bits per heavy atom. The van der Waals surface area contributed by atoms with Crippen LogP contribution in [0.3, 0.4) is 0 Å². The standard InChI is InChI=1S/C15H13Cl2NO3/c1-10-2-5-15(11(6-10)8-16)21-9-12-7-13(17)3-4-14(12)18(19)20/h2-7H,8-9H2,1H3. The third kappa shape index (κ3) is 3.86. The van der Waals surface area contributed by atoms with Gasteiger partial charge in [0.15, 0.2) is 0 Å². The Labute approximate surface area is 132 Å². The van der Waals surface area contributed by atoms with Gasteiger partial charge in [-0.1, -0.05) is 29.3 Å². The smallest absolute Gasteiger partial charge is 0.276 e. The lowest BCUT2D eigenvalue weighted by Gasteiger charge is -2.11. The number of nitrogens with zero attached hydrogens (tertiary/aromatic N) is 1. The second-order valence-corrected chi connectivity index (χ2v) is 5.27. The Bertz CT molecular complexity index is 674. The maximum atomic E-state index is 11.0. The van der Waals surface area contributed by atoms with E-state index < -0.39 is 4.92 Å². The fourth-order valence-corrected chi connectivity index (χ4v) is 2.36. The van der Waals surface area contributed by atoms with E-state index in [-0.39, 0.29) is 12.3 Å². The molecule has 0 N–H and O–H groups in total. The number of aryl methyl sites for hydroxylation is 1. The largest absolute Gasteiger partial charge is 0.488 e. The van der Waals surface area contributed by atoms with Crippen molar-refractivity contribution in [3.63, 3.8) is 0 Å². The number of hydrogen-bond donors (Lipinski definition) is 0. The molecule has 0 aliphatic heterocycles. The molecule has 110 valence electrons. The molecule has 0 saturated carbocycles. The molecule has 0 spiro atoms. The molecule has 0 saturated heterocycles. The topological polar surface area (TPSA) is 52.4 Å². The Morgan fingerprint density at radius 1 is 1.19 bits per heavy atom. The van der Waals surface area contributed by atoms with Crippen LogP contribution < -0.4 is 4.74 Å². The van der Waals surface area contributed by atoms with Crippen molar-refractivity contribution in [3.05, 3.63) is 68.2 Å². The van der Waals surface area contributed by atoms with E-state index in [1.54, 1.807) is 0 Å². The SMILES string of the molecule is Cc1ccc(OCc2cc(Cl)ccc2[N+](=O)[O-])c(CCl)c1. The van der Waals surface area contributed by atoms with Gasteiger partial charge in [-0.2, -0.15) is 0 Å². The van der Waals surface area contributed by atoms with Crippen LogP contribution in [0.1, 0.15) is 16.7 Å². The molecule has 0 aliphatic rings. The normalized spacial score (nSPS) is 10.4. The summed E-state index contributed by atoms with van der Waals surface area (Å²) in [5.74, 6) is 0.930. The fourth-order valence-electron chi connectivity index (χ4n) is 1.96. The van der Waals surface area contributed by atoms with E-state index in [2.05, 4.69) is 0 Å². The quantitative estimate of drug-likeness (QED) is 0.447. The molecule has 21 heavy (non-hydrogen) atoms. The summed E-state index contributed by atoms with van der Waals surface area (Å²) in [7, 11) is 0. The Morgan fingerprint density at radius 2 is 1.95 bits per heavy atom. The number of halogens is 2. The second kappa shape index (κ2) is 6.78. The van der Waals surface area contributed by atoms with Gasteiger partial charge in [0.05, 0.1) is 16.4 Å². The van der Waals surface area contributed by atoms with Crippen LogP contribution in [-0.4, -0.2) is 4.92 Å². The zero-order valence-corrected chi connectivity index (χ0v) is 12.8. The van der Waals surface area contributed by atoms with E-state index in [4.69, 9.17) is 27.9 Å². The van der Waals surface area contributed by atoms with Gasteiger partial charge in [-0.05, 0) is 25.1 Å². The predicted octanol–water partition coefficient (Wildman–Crippen LogP) is 4.87.